The summed E-state index contributed by atoms with van der Waals surface area (Å²) < 4.78 is 5.59. The van der Waals surface area contributed by atoms with Crippen molar-refractivity contribution in [2.24, 2.45) is 0 Å². The van der Waals surface area contributed by atoms with Crippen molar-refractivity contribution in [1.29, 1.82) is 0 Å². The molecule has 0 bridgehead atoms. The van der Waals surface area contributed by atoms with Gasteiger partial charge in [-0.1, -0.05) is 41.5 Å². The zero-order chi connectivity index (χ0) is 17.9. The quantitative estimate of drug-likeness (QED) is 0.526. The Hall–Kier alpha value is -3.12. The van der Waals surface area contributed by atoms with Crippen LogP contribution < -0.4 is 5.32 Å². The fraction of sp³-hybridized carbons (Fsp3) is 0.0500. The Labute approximate surface area is 154 Å². The van der Waals surface area contributed by atoms with E-state index in [4.69, 9.17) is 4.42 Å². The van der Waals surface area contributed by atoms with Gasteiger partial charge in [-0.25, -0.2) is 0 Å². The van der Waals surface area contributed by atoms with Crippen molar-refractivity contribution in [2.75, 3.05) is 11.6 Å². The minimum Gasteiger partial charge on any atom is -0.403 e. The number of nitrogens with zero attached hydrogens (tertiary/aromatic N) is 2. The van der Waals surface area contributed by atoms with Crippen molar-refractivity contribution < 1.29 is 9.21 Å². The Morgan fingerprint density at radius 1 is 0.962 bits per heavy atom. The van der Waals surface area contributed by atoms with Crippen LogP contribution in [0.15, 0.2) is 76.0 Å². The van der Waals surface area contributed by atoms with Crippen LogP contribution in [-0.4, -0.2) is 22.4 Å². The Balaban J connectivity index is 1.57. The second-order valence-corrected chi connectivity index (χ2v) is 6.50. The first kappa shape index (κ1) is 16.4. The maximum absolute atomic E-state index is 12.6. The van der Waals surface area contributed by atoms with E-state index in [1.165, 1.54) is 0 Å². The maximum Gasteiger partial charge on any atom is 0.322 e. The molecule has 0 unspecified atom stereocenters. The predicted octanol–water partition coefficient (Wildman–Crippen LogP) is 4.86. The molecule has 0 radical (unpaired) electrons. The van der Waals surface area contributed by atoms with Gasteiger partial charge in [-0.3, -0.25) is 10.1 Å². The maximum atomic E-state index is 12.6. The summed E-state index contributed by atoms with van der Waals surface area (Å²) in [4.78, 5) is 13.8. The average Bonchev–Trinajstić information content (AvgIpc) is 3.16. The van der Waals surface area contributed by atoms with Gasteiger partial charge in [0.15, 0.2) is 0 Å². The molecule has 0 aliphatic rings. The topological polar surface area (TPSA) is 68.0 Å². The molecule has 3 aromatic carbocycles. The molecule has 5 nitrogen and oxygen atoms in total. The summed E-state index contributed by atoms with van der Waals surface area (Å²) in [5.41, 5.74) is 1.37. The molecule has 0 fully saturated rings. The van der Waals surface area contributed by atoms with Gasteiger partial charge in [-0.05, 0) is 47.4 Å². The number of amides is 1. The van der Waals surface area contributed by atoms with Crippen LogP contribution in [0, 0.1) is 0 Å². The molecule has 1 aromatic heterocycles. The first-order chi connectivity index (χ1) is 12.7. The van der Waals surface area contributed by atoms with Crippen LogP contribution in [0.1, 0.15) is 10.4 Å². The Bertz CT molecular complexity index is 1070. The zero-order valence-corrected chi connectivity index (χ0v) is 14.8. The number of hydrogen-bond acceptors (Lipinski definition) is 5. The van der Waals surface area contributed by atoms with Gasteiger partial charge in [0.05, 0.1) is 0 Å². The Morgan fingerprint density at radius 2 is 1.73 bits per heavy atom. The van der Waals surface area contributed by atoms with Gasteiger partial charge in [0.2, 0.25) is 5.89 Å². The van der Waals surface area contributed by atoms with Crippen LogP contribution in [0.25, 0.3) is 22.2 Å². The number of hydrogen-bond donors (Lipinski definition) is 1. The lowest BCUT2D eigenvalue weighted by Crippen LogP contribution is -2.12. The van der Waals surface area contributed by atoms with E-state index in [0.29, 0.717) is 11.5 Å². The third-order valence-corrected chi connectivity index (χ3v) is 4.76. The highest BCUT2D eigenvalue weighted by molar-refractivity contribution is 7.98. The minimum absolute atomic E-state index is 0.0758. The second kappa shape index (κ2) is 7.01. The fourth-order valence-electron chi connectivity index (χ4n) is 2.71. The largest absolute Gasteiger partial charge is 0.403 e. The van der Waals surface area contributed by atoms with E-state index in [1.54, 1.807) is 17.8 Å². The number of benzene rings is 3. The molecule has 1 heterocycles. The van der Waals surface area contributed by atoms with Gasteiger partial charge >= 0.3 is 6.01 Å². The number of carbonyl (C=O) groups excluding carboxylic acids is 1. The predicted molar refractivity (Wildman–Crippen MR) is 103 cm³/mol. The van der Waals surface area contributed by atoms with Crippen LogP contribution in [0.5, 0.6) is 0 Å². The van der Waals surface area contributed by atoms with Gasteiger partial charge in [-0.2, -0.15) is 0 Å². The molecule has 4 rings (SSSR count). The van der Waals surface area contributed by atoms with E-state index >= 15 is 0 Å². The summed E-state index contributed by atoms with van der Waals surface area (Å²) in [6.45, 7) is 0. The van der Waals surface area contributed by atoms with E-state index in [0.717, 1.165) is 21.2 Å². The minimum atomic E-state index is -0.283. The number of anilines is 1. The number of aromatic nitrogens is 2. The van der Waals surface area contributed by atoms with E-state index in [9.17, 15) is 4.79 Å². The van der Waals surface area contributed by atoms with Gasteiger partial charge < -0.3 is 4.42 Å². The highest BCUT2D eigenvalue weighted by Gasteiger charge is 2.14. The summed E-state index contributed by atoms with van der Waals surface area (Å²) in [6.07, 6.45) is 2.02. The van der Waals surface area contributed by atoms with Gasteiger partial charge in [0.25, 0.3) is 5.91 Å². The van der Waals surface area contributed by atoms with Crippen LogP contribution in [-0.2, 0) is 0 Å². The lowest BCUT2D eigenvalue weighted by atomic mass is 10.0. The zero-order valence-electron chi connectivity index (χ0n) is 14.0. The number of carbonyl (C=O) groups is 1. The average molecular weight is 361 g/mol. The molecule has 0 saturated carbocycles. The SMILES string of the molecule is CSc1ccc(-c2nnc(NC(=O)c3cccc4ccccc34)o2)cc1. The fourth-order valence-corrected chi connectivity index (χ4v) is 3.12. The summed E-state index contributed by atoms with van der Waals surface area (Å²) in [5.74, 6) is 0.0839. The van der Waals surface area contributed by atoms with E-state index in [-0.39, 0.29) is 11.9 Å². The molecule has 128 valence electrons. The number of fused-ring (bicyclic) bond motifs is 1. The molecule has 26 heavy (non-hydrogen) atoms. The normalized spacial score (nSPS) is 10.8. The van der Waals surface area contributed by atoms with E-state index in [1.807, 2.05) is 66.9 Å². The molecule has 4 aromatic rings. The molecular formula is C20H15N3O2S. The summed E-state index contributed by atoms with van der Waals surface area (Å²) in [5, 5.41) is 12.5. The first-order valence-corrected chi connectivity index (χ1v) is 9.24. The summed E-state index contributed by atoms with van der Waals surface area (Å²) >= 11 is 1.66. The van der Waals surface area contributed by atoms with Crippen molar-refractivity contribution >= 4 is 34.5 Å². The molecule has 0 spiro atoms. The molecule has 6 heteroatoms. The lowest BCUT2D eigenvalue weighted by Gasteiger charge is -2.05. The molecule has 0 aliphatic carbocycles. The van der Waals surface area contributed by atoms with Crippen molar-refractivity contribution in [3.63, 3.8) is 0 Å². The highest BCUT2D eigenvalue weighted by Crippen LogP contribution is 2.24. The van der Waals surface area contributed by atoms with Crippen LogP contribution >= 0.6 is 11.8 Å². The number of nitrogens with one attached hydrogen (secondary N) is 1. The standard InChI is InChI=1S/C20H15N3O2S/c1-26-15-11-9-14(10-12-15)19-22-23-20(25-19)21-18(24)17-8-4-6-13-5-2-3-7-16(13)17/h2-12H,1H3,(H,21,23,24). The van der Waals surface area contributed by atoms with Gasteiger partial charge in [-0.15, -0.1) is 16.9 Å². The Kier molecular flexibility index (Phi) is 4.41. The second-order valence-electron chi connectivity index (χ2n) is 5.62. The smallest absolute Gasteiger partial charge is 0.322 e. The number of thioether (sulfide) groups is 1. The molecule has 1 N–H and O–H groups in total. The van der Waals surface area contributed by atoms with E-state index < -0.39 is 0 Å². The van der Waals surface area contributed by atoms with Crippen LogP contribution in [0.2, 0.25) is 0 Å². The van der Waals surface area contributed by atoms with Gasteiger partial charge in [0.1, 0.15) is 0 Å². The molecule has 1 amide bonds. The third-order valence-electron chi connectivity index (χ3n) is 4.02. The first-order valence-electron chi connectivity index (χ1n) is 8.01. The van der Waals surface area contributed by atoms with Crippen molar-refractivity contribution in [1.82, 2.24) is 10.2 Å². The van der Waals surface area contributed by atoms with E-state index in [2.05, 4.69) is 15.5 Å². The molecule has 0 saturated heterocycles. The van der Waals surface area contributed by atoms with Crippen LogP contribution in [0.4, 0.5) is 6.01 Å². The van der Waals surface area contributed by atoms with Crippen molar-refractivity contribution in [3.8, 4) is 11.5 Å². The van der Waals surface area contributed by atoms with Crippen LogP contribution in [0.3, 0.4) is 0 Å². The third kappa shape index (κ3) is 3.19. The summed E-state index contributed by atoms with van der Waals surface area (Å²) in [6, 6.07) is 21.2. The molecule has 0 atom stereocenters. The van der Waals surface area contributed by atoms with Crippen molar-refractivity contribution in [3.05, 3.63) is 72.3 Å². The molecule has 0 aliphatic heterocycles. The lowest BCUT2D eigenvalue weighted by molar-refractivity contribution is 0.102. The summed E-state index contributed by atoms with van der Waals surface area (Å²) in [7, 11) is 0. The monoisotopic (exact) mass is 361 g/mol. The van der Waals surface area contributed by atoms with Gasteiger partial charge in [0, 0.05) is 16.0 Å². The Morgan fingerprint density at radius 3 is 2.54 bits per heavy atom. The van der Waals surface area contributed by atoms with Crippen molar-refractivity contribution in [2.45, 2.75) is 4.90 Å². The highest BCUT2D eigenvalue weighted by atomic mass is 32.2. The number of rotatable bonds is 4. The molecular weight excluding hydrogens is 346 g/mol.